The van der Waals surface area contributed by atoms with E-state index >= 15 is 0 Å². The fourth-order valence-corrected chi connectivity index (χ4v) is 3.79. The maximum Gasteiger partial charge on any atom is 0.258 e. The van der Waals surface area contributed by atoms with Crippen molar-refractivity contribution >= 4 is 11.3 Å². The first-order valence-electron chi connectivity index (χ1n) is 8.32. The quantitative estimate of drug-likeness (QED) is 0.496. The number of hydrogen-bond donors (Lipinski definition) is 0. The Morgan fingerprint density at radius 2 is 1.68 bits per heavy atom. The van der Waals surface area contributed by atoms with Crippen LogP contribution in [0.5, 0.6) is 0 Å². The van der Waals surface area contributed by atoms with E-state index in [1.54, 1.807) is 11.3 Å². The molecule has 2 aromatic heterocycles. The van der Waals surface area contributed by atoms with Crippen LogP contribution in [0.25, 0.3) is 34.1 Å². The Balaban J connectivity index is 1.47. The molecule has 0 radical (unpaired) electrons. The fraction of sp³-hybridized carbons (Fsp3) is 0.150. The summed E-state index contributed by atoms with van der Waals surface area (Å²) in [5, 5.41) is 7.53. The highest BCUT2D eigenvalue weighted by atomic mass is 32.1. The van der Waals surface area contributed by atoms with Crippen molar-refractivity contribution in [2.75, 3.05) is 0 Å². The lowest BCUT2D eigenvalue weighted by atomic mass is 10.1. The molecule has 1 aliphatic rings. The van der Waals surface area contributed by atoms with Gasteiger partial charge in [-0.2, -0.15) is 4.98 Å². The van der Waals surface area contributed by atoms with Crippen molar-refractivity contribution in [3.8, 4) is 34.1 Å². The zero-order valence-corrected chi connectivity index (χ0v) is 14.2. The third-order valence-corrected chi connectivity index (χ3v) is 5.32. The standard InChI is InChI=1S/C20H15N3OS/c1-2-5-13(6-3-1)19-22-18(23-24-19)16-8-4-7-15(11-16)17-12-25-20(21-17)14-9-10-14/h1-8,11-12,14H,9-10H2. The molecule has 5 rings (SSSR count). The van der Waals surface area contributed by atoms with Gasteiger partial charge in [-0.15, -0.1) is 11.3 Å². The van der Waals surface area contributed by atoms with Crippen molar-refractivity contribution in [1.29, 1.82) is 0 Å². The van der Waals surface area contributed by atoms with Gasteiger partial charge in [-0.25, -0.2) is 4.98 Å². The Morgan fingerprint density at radius 3 is 2.52 bits per heavy atom. The number of aromatic nitrogens is 3. The average molecular weight is 345 g/mol. The van der Waals surface area contributed by atoms with Crippen LogP contribution in [0, 0.1) is 0 Å². The molecule has 1 fully saturated rings. The molecule has 122 valence electrons. The molecule has 0 atom stereocenters. The first-order valence-corrected chi connectivity index (χ1v) is 9.20. The van der Waals surface area contributed by atoms with Gasteiger partial charge in [-0.1, -0.05) is 41.6 Å². The van der Waals surface area contributed by atoms with Crippen LogP contribution in [0.4, 0.5) is 0 Å². The highest BCUT2D eigenvalue weighted by Gasteiger charge is 2.26. The van der Waals surface area contributed by atoms with Gasteiger partial charge in [0.2, 0.25) is 5.82 Å². The zero-order valence-electron chi connectivity index (χ0n) is 13.4. The summed E-state index contributed by atoms with van der Waals surface area (Å²) in [6, 6.07) is 18.0. The molecule has 0 N–H and O–H groups in total. The summed E-state index contributed by atoms with van der Waals surface area (Å²) in [5.41, 5.74) is 3.97. The second-order valence-corrected chi connectivity index (χ2v) is 7.10. The molecule has 25 heavy (non-hydrogen) atoms. The monoisotopic (exact) mass is 345 g/mol. The lowest BCUT2D eigenvalue weighted by Crippen LogP contribution is -1.84. The van der Waals surface area contributed by atoms with Crippen LogP contribution in [0.1, 0.15) is 23.8 Å². The summed E-state index contributed by atoms with van der Waals surface area (Å²) in [6.45, 7) is 0. The minimum atomic E-state index is 0.533. The molecule has 0 saturated heterocycles. The van der Waals surface area contributed by atoms with Gasteiger partial charge in [-0.3, -0.25) is 0 Å². The molecular weight excluding hydrogens is 330 g/mol. The maximum atomic E-state index is 5.42. The van der Waals surface area contributed by atoms with Crippen LogP contribution >= 0.6 is 11.3 Å². The van der Waals surface area contributed by atoms with Crippen molar-refractivity contribution in [1.82, 2.24) is 15.1 Å². The Hall–Kier alpha value is -2.79. The summed E-state index contributed by atoms with van der Waals surface area (Å²) < 4.78 is 5.42. The summed E-state index contributed by atoms with van der Waals surface area (Å²) in [4.78, 5) is 9.32. The van der Waals surface area contributed by atoms with Crippen molar-refractivity contribution in [2.24, 2.45) is 0 Å². The SMILES string of the molecule is c1ccc(-c2nc(-c3cccc(-c4csc(C5CC5)n4)c3)no2)cc1. The van der Waals surface area contributed by atoms with Gasteiger partial charge in [0.05, 0.1) is 10.7 Å². The predicted octanol–water partition coefficient (Wildman–Crippen LogP) is 5.40. The lowest BCUT2D eigenvalue weighted by Gasteiger charge is -1.99. The summed E-state index contributed by atoms with van der Waals surface area (Å²) in [5.74, 6) is 1.82. The van der Waals surface area contributed by atoms with E-state index < -0.39 is 0 Å². The Kier molecular flexibility index (Phi) is 3.45. The second kappa shape index (κ2) is 5.93. The zero-order chi connectivity index (χ0) is 16.6. The van der Waals surface area contributed by atoms with Gasteiger partial charge in [0, 0.05) is 28.0 Å². The third kappa shape index (κ3) is 2.87. The second-order valence-electron chi connectivity index (χ2n) is 6.22. The molecule has 0 amide bonds. The number of thiazole rings is 1. The Labute approximate surface area is 149 Å². The maximum absolute atomic E-state index is 5.42. The molecule has 0 unspecified atom stereocenters. The van der Waals surface area contributed by atoms with Gasteiger partial charge < -0.3 is 4.52 Å². The highest BCUT2D eigenvalue weighted by molar-refractivity contribution is 7.10. The van der Waals surface area contributed by atoms with Gasteiger partial charge in [0.15, 0.2) is 0 Å². The molecule has 0 spiro atoms. The van der Waals surface area contributed by atoms with E-state index in [0.29, 0.717) is 17.6 Å². The van der Waals surface area contributed by atoms with Crippen LogP contribution < -0.4 is 0 Å². The number of nitrogens with zero attached hydrogens (tertiary/aromatic N) is 3. The molecule has 2 aromatic carbocycles. The van der Waals surface area contributed by atoms with Gasteiger partial charge in [0.25, 0.3) is 5.89 Å². The average Bonchev–Trinajstić information content (AvgIpc) is 3.21. The first kappa shape index (κ1) is 14.5. The van der Waals surface area contributed by atoms with Crippen LogP contribution in [0.15, 0.2) is 64.5 Å². The van der Waals surface area contributed by atoms with Gasteiger partial charge >= 0.3 is 0 Å². The van der Waals surface area contributed by atoms with Crippen LogP contribution in [0.2, 0.25) is 0 Å². The number of hydrogen-bond acceptors (Lipinski definition) is 5. The summed E-state index contributed by atoms with van der Waals surface area (Å²) in [7, 11) is 0. The molecule has 0 aliphatic heterocycles. The third-order valence-electron chi connectivity index (χ3n) is 4.31. The summed E-state index contributed by atoms with van der Waals surface area (Å²) in [6.07, 6.45) is 2.55. The molecular formula is C20H15N3OS. The minimum Gasteiger partial charge on any atom is -0.334 e. The predicted molar refractivity (Wildman–Crippen MR) is 98.3 cm³/mol. The van der Waals surface area contributed by atoms with E-state index in [1.807, 2.05) is 42.5 Å². The highest BCUT2D eigenvalue weighted by Crippen LogP contribution is 2.42. The fourth-order valence-electron chi connectivity index (χ4n) is 2.79. The van der Waals surface area contributed by atoms with E-state index in [1.165, 1.54) is 17.8 Å². The topological polar surface area (TPSA) is 51.8 Å². The van der Waals surface area contributed by atoms with Crippen molar-refractivity contribution < 1.29 is 4.52 Å². The van der Waals surface area contributed by atoms with Gasteiger partial charge in [-0.05, 0) is 31.0 Å². The van der Waals surface area contributed by atoms with Crippen LogP contribution in [-0.2, 0) is 0 Å². The smallest absolute Gasteiger partial charge is 0.258 e. The molecule has 5 heteroatoms. The molecule has 4 nitrogen and oxygen atoms in total. The lowest BCUT2D eigenvalue weighted by molar-refractivity contribution is 0.432. The van der Waals surface area contributed by atoms with E-state index in [2.05, 4.69) is 27.7 Å². The van der Waals surface area contributed by atoms with Crippen LogP contribution in [0.3, 0.4) is 0 Å². The normalized spacial score (nSPS) is 13.9. The van der Waals surface area contributed by atoms with E-state index in [9.17, 15) is 0 Å². The van der Waals surface area contributed by atoms with Crippen molar-refractivity contribution in [3.05, 3.63) is 65.0 Å². The molecule has 2 heterocycles. The Bertz CT molecular complexity index is 1020. The number of rotatable bonds is 4. The van der Waals surface area contributed by atoms with E-state index in [0.717, 1.165) is 22.4 Å². The van der Waals surface area contributed by atoms with Gasteiger partial charge in [0.1, 0.15) is 0 Å². The molecule has 4 aromatic rings. The first-order chi connectivity index (χ1) is 12.4. The molecule has 1 aliphatic carbocycles. The Morgan fingerprint density at radius 1 is 0.880 bits per heavy atom. The molecule has 1 saturated carbocycles. The summed E-state index contributed by atoms with van der Waals surface area (Å²) >= 11 is 1.76. The van der Waals surface area contributed by atoms with E-state index in [-0.39, 0.29) is 0 Å². The van der Waals surface area contributed by atoms with Crippen LogP contribution in [-0.4, -0.2) is 15.1 Å². The number of benzene rings is 2. The van der Waals surface area contributed by atoms with Crippen molar-refractivity contribution in [2.45, 2.75) is 18.8 Å². The van der Waals surface area contributed by atoms with E-state index in [4.69, 9.17) is 9.51 Å². The minimum absolute atomic E-state index is 0.533. The van der Waals surface area contributed by atoms with Crippen molar-refractivity contribution in [3.63, 3.8) is 0 Å². The molecule has 0 bridgehead atoms. The largest absolute Gasteiger partial charge is 0.334 e.